The van der Waals surface area contributed by atoms with Gasteiger partial charge in [0.1, 0.15) is 17.1 Å². The fourth-order valence-corrected chi connectivity index (χ4v) is 6.51. The predicted octanol–water partition coefficient (Wildman–Crippen LogP) is 6.05. The van der Waals surface area contributed by atoms with E-state index >= 15 is 0 Å². The molecule has 2 aliphatic heterocycles. The molecule has 0 N–H and O–H groups in total. The van der Waals surface area contributed by atoms with E-state index in [0.29, 0.717) is 40.0 Å². The topological polar surface area (TPSA) is 80.1 Å². The molecule has 2 aliphatic rings. The van der Waals surface area contributed by atoms with Crippen molar-refractivity contribution in [2.75, 3.05) is 18.6 Å². The number of rotatable bonds is 6. The monoisotopic (exact) mass is 588 g/mol. The zero-order valence-electron chi connectivity index (χ0n) is 24.5. The number of fused-ring (bicyclic) bond motifs is 5. The zero-order chi connectivity index (χ0) is 30.7. The number of halogens is 1. The van der Waals surface area contributed by atoms with Crippen LogP contribution in [0.1, 0.15) is 43.9 Å². The Balaban J connectivity index is 1.44. The molecule has 7 rings (SSSR count). The lowest BCUT2D eigenvalue weighted by Crippen LogP contribution is -2.53. The second kappa shape index (κ2) is 10.2. The maximum Gasteiger partial charge on any atom is 0.291 e. The molecule has 0 radical (unpaired) electrons. The predicted molar refractivity (Wildman–Crippen MR) is 165 cm³/mol. The van der Waals surface area contributed by atoms with E-state index in [-0.39, 0.29) is 30.2 Å². The van der Waals surface area contributed by atoms with Crippen LogP contribution < -0.4 is 15.1 Å². The van der Waals surface area contributed by atoms with Gasteiger partial charge in [-0.2, -0.15) is 0 Å². The van der Waals surface area contributed by atoms with Gasteiger partial charge in [-0.15, -0.1) is 0 Å². The highest BCUT2D eigenvalue weighted by Crippen LogP contribution is 2.53. The third kappa shape index (κ3) is 3.97. The number of hydrogen-bond acceptors (Lipinski definition) is 5. The Kier molecular flexibility index (Phi) is 6.39. The Morgan fingerprint density at radius 3 is 2.27 bits per heavy atom. The van der Waals surface area contributed by atoms with E-state index in [1.807, 2.05) is 50.2 Å². The van der Waals surface area contributed by atoms with Crippen molar-refractivity contribution in [1.29, 1.82) is 0 Å². The number of methoxy groups -OCH3 is 1. The van der Waals surface area contributed by atoms with Gasteiger partial charge in [-0.3, -0.25) is 14.4 Å². The molecule has 1 atom stereocenters. The van der Waals surface area contributed by atoms with Crippen LogP contribution >= 0.6 is 0 Å². The van der Waals surface area contributed by atoms with Crippen molar-refractivity contribution in [1.82, 2.24) is 4.90 Å². The van der Waals surface area contributed by atoms with E-state index in [1.165, 1.54) is 17.0 Å². The summed E-state index contributed by atoms with van der Waals surface area (Å²) < 4.78 is 25.3. The van der Waals surface area contributed by atoms with Crippen molar-refractivity contribution >= 4 is 28.5 Å². The first-order chi connectivity index (χ1) is 21.2. The van der Waals surface area contributed by atoms with Crippen LogP contribution in [-0.2, 0) is 23.3 Å². The maximum absolute atomic E-state index is 14.9. The van der Waals surface area contributed by atoms with Crippen LogP contribution in [0.3, 0.4) is 0 Å². The summed E-state index contributed by atoms with van der Waals surface area (Å²) in [6, 6.07) is 24.2. The second-order valence-electron chi connectivity index (χ2n) is 11.4. The van der Waals surface area contributed by atoms with E-state index in [0.717, 1.165) is 16.7 Å². The number of carbonyl (C=O) groups is 2. The number of anilines is 1. The lowest BCUT2D eigenvalue weighted by Gasteiger charge is -2.34. The molecule has 5 aromatic rings. The average molecular weight is 589 g/mol. The lowest BCUT2D eigenvalue weighted by molar-refractivity contribution is -0.126. The molecular formula is C36H29FN2O5. The van der Waals surface area contributed by atoms with E-state index in [2.05, 4.69) is 0 Å². The summed E-state index contributed by atoms with van der Waals surface area (Å²) in [5.41, 5.74) is 2.77. The fraction of sp³-hybridized carbons (Fsp3) is 0.194. The Bertz CT molecular complexity index is 2030. The number of carbonyl (C=O) groups excluding carboxylic acids is 2. The minimum absolute atomic E-state index is 0.0343. The molecule has 0 saturated heterocycles. The van der Waals surface area contributed by atoms with Gasteiger partial charge in [0.2, 0.25) is 5.76 Å². The number of aryl methyl sites for hydroxylation is 2. The Hall–Kier alpha value is -5.24. The van der Waals surface area contributed by atoms with E-state index < -0.39 is 22.8 Å². The van der Waals surface area contributed by atoms with Gasteiger partial charge in [0, 0.05) is 12.1 Å². The van der Waals surface area contributed by atoms with Crippen LogP contribution in [0.25, 0.3) is 11.0 Å². The minimum Gasteiger partial charge on any atom is -0.497 e. The molecule has 2 amide bonds. The Labute approximate surface area is 253 Å². The number of benzene rings is 4. The van der Waals surface area contributed by atoms with Gasteiger partial charge < -0.3 is 19.0 Å². The molecule has 1 spiro atoms. The van der Waals surface area contributed by atoms with E-state index in [4.69, 9.17) is 9.15 Å². The van der Waals surface area contributed by atoms with Gasteiger partial charge in [0.05, 0.1) is 30.3 Å². The van der Waals surface area contributed by atoms with Gasteiger partial charge in [-0.1, -0.05) is 42.5 Å². The first kappa shape index (κ1) is 27.6. The van der Waals surface area contributed by atoms with Crippen molar-refractivity contribution in [3.63, 3.8) is 0 Å². The number of amides is 2. The molecule has 220 valence electrons. The standard InChI is InChI=1S/C36H29FN2O5/c1-21-18-27-30(19-22(21)2)44-33-31(32(27)40)36(39(34(33)41)17-16-23-10-14-26(43-3)15-11-23)28-6-4-5-7-29(28)38(35(36)42)20-24-8-12-25(37)13-9-24/h4-15,18-19H,16-17,20H2,1-3H3. The normalized spacial score (nSPS) is 17.1. The smallest absolute Gasteiger partial charge is 0.291 e. The zero-order valence-corrected chi connectivity index (χ0v) is 24.5. The van der Waals surface area contributed by atoms with Crippen molar-refractivity contribution in [2.24, 2.45) is 0 Å². The van der Waals surface area contributed by atoms with Crippen LogP contribution in [0, 0.1) is 19.7 Å². The quantitative estimate of drug-likeness (QED) is 0.242. The highest BCUT2D eigenvalue weighted by molar-refractivity contribution is 6.17. The first-order valence-corrected chi connectivity index (χ1v) is 14.4. The van der Waals surface area contributed by atoms with Crippen molar-refractivity contribution in [3.8, 4) is 5.75 Å². The second-order valence-corrected chi connectivity index (χ2v) is 11.4. The maximum atomic E-state index is 14.9. The fourth-order valence-electron chi connectivity index (χ4n) is 6.51. The van der Waals surface area contributed by atoms with Crippen molar-refractivity contribution in [2.45, 2.75) is 32.4 Å². The van der Waals surface area contributed by atoms with Gasteiger partial charge in [-0.25, -0.2) is 4.39 Å². The number of hydrogen-bond donors (Lipinski definition) is 0. The summed E-state index contributed by atoms with van der Waals surface area (Å²) in [5, 5.41) is 0.318. The molecule has 0 saturated carbocycles. The van der Waals surface area contributed by atoms with Gasteiger partial charge in [0.15, 0.2) is 11.0 Å². The molecule has 8 heteroatoms. The Morgan fingerprint density at radius 1 is 0.864 bits per heavy atom. The highest BCUT2D eigenvalue weighted by atomic mass is 19.1. The third-order valence-corrected chi connectivity index (χ3v) is 8.89. The number of nitrogens with zero attached hydrogens (tertiary/aromatic N) is 2. The molecule has 4 aromatic carbocycles. The first-order valence-electron chi connectivity index (χ1n) is 14.4. The summed E-state index contributed by atoms with van der Waals surface area (Å²) in [7, 11) is 1.59. The molecular weight excluding hydrogens is 559 g/mol. The summed E-state index contributed by atoms with van der Waals surface area (Å²) in [5.74, 6) is -0.739. The number of para-hydroxylation sites is 1. The third-order valence-electron chi connectivity index (χ3n) is 8.89. The lowest BCUT2D eigenvalue weighted by atomic mass is 9.83. The van der Waals surface area contributed by atoms with Crippen LogP contribution in [0.2, 0.25) is 0 Å². The van der Waals surface area contributed by atoms with E-state index in [9.17, 15) is 18.8 Å². The molecule has 0 fully saturated rings. The summed E-state index contributed by atoms with van der Waals surface area (Å²) in [4.78, 5) is 46.8. The minimum atomic E-state index is -1.73. The highest BCUT2D eigenvalue weighted by Gasteiger charge is 2.64. The van der Waals surface area contributed by atoms with Crippen LogP contribution in [0.5, 0.6) is 5.75 Å². The molecule has 0 bridgehead atoms. The van der Waals surface area contributed by atoms with Gasteiger partial charge >= 0.3 is 0 Å². The van der Waals surface area contributed by atoms with Crippen LogP contribution in [0.4, 0.5) is 10.1 Å². The number of ether oxygens (including phenoxy) is 1. The largest absolute Gasteiger partial charge is 0.497 e. The van der Waals surface area contributed by atoms with Crippen molar-refractivity contribution < 1.29 is 23.1 Å². The van der Waals surface area contributed by atoms with Crippen LogP contribution in [0.15, 0.2) is 94.1 Å². The SMILES string of the molecule is COc1ccc(CCN2C(=O)c3oc4cc(C)c(C)cc4c(=O)c3C23C(=O)N(Cc2ccc(F)cc2)c2ccccc23)cc1. The molecule has 7 nitrogen and oxygen atoms in total. The van der Waals surface area contributed by atoms with Gasteiger partial charge in [-0.05, 0) is 85.0 Å². The van der Waals surface area contributed by atoms with E-state index in [1.54, 1.807) is 48.4 Å². The van der Waals surface area contributed by atoms with Crippen molar-refractivity contribution in [3.05, 3.63) is 140 Å². The average Bonchev–Trinajstić information content (AvgIpc) is 3.42. The molecule has 1 unspecified atom stereocenters. The molecule has 44 heavy (non-hydrogen) atoms. The summed E-state index contributed by atoms with van der Waals surface area (Å²) >= 11 is 0. The summed E-state index contributed by atoms with van der Waals surface area (Å²) in [6.07, 6.45) is 0.421. The van der Waals surface area contributed by atoms with Gasteiger partial charge in [0.25, 0.3) is 11.8 Å². The molecule has 1 aromatic heterocycles. The Morgan fingerprint density at radius 2 is 1.55 bits per heavy atom. The molecule has 0 aliphatic carbocycles. The van der Waals surface area contributed by atoms with Crippen LogP contribution in [-0.4, -0.2) is 30.4 Å². The summed E-state index contributed by atoms with van der Waals surface area (Å²) in [6.45, 7) is 4.10. The molecule has 3 heterocycles.